The zero-order chi connectivity index (χ0) is 25.9. The minimum Gasteiger partial charge on any atom is -0.331 e. The number of nitriles is 1. The molecule has 2 heterocycles. The fourth-order valence-corrected chi connectivity index (χ4v) is 6.96. The van der Waals surface area contributed by atoms with E-state index in [0.717, 1.165) is 31.6 Å². The molecule has 1 amide bonds. The molecule has 35 heavy (non-hydrogen) atoms. The van der Waals surface area contributed by atoms with E-state index >= 15 is 0 Å². The Morgan fingerprint density at radius 2 is 1.89 bits per heavy atom. The predicted molar refractivity (Wildman–Crippen MR) is 129 cm³/mol. The first-order chi connectivity index (χ1) is 16.1. The largest absolute Gasteiger partial charge is 0.331 e. The molecule has 1 saturated heterocycles. The number of nitrogens with zero attached hydrogens (tertiary/aromatic N) is 3. The van der Waals surface area contributed by atoms with Crippen LogP contribution < -0.4 is 4.72 Å². The SMILES string of the molecule is CC(C)(C)C1C(=O)C(C2=Nc3ccc(NS(C)(=O)=O)cc3S(=O)(=O)C2C#N)C(=O)N1CCC1CC1. The molecule has 12 heteroatoms. The van der Waals surface area contributed by atoms with E-state index < -0.39 is 54.2 Å². The summed E-state index contributed by atoms with van der Waals surface area (Å²) in [6.07, 6.45) is 3.87. The molecular formula is C23H28N4O6S2. The topological polar surface area (TPSA) is 154 Å². The lowest BCUT2D eigenvalue weighted by Crippen LogP contribution is -2.45. The zero-order valence-electron chi connectivity index (χ0n) is 20.0. The number of ketones is 1. The average molecular weight is 521 g/mol. The summed E-state index contributed by atoms with van der Waals surface area (Å²) in [6, 6.07) is 4.68. The van der Waals surface area contributed by atoms with Crippen LogP contribution in [0.2, 0.25) is 0 Å². The van der Waals surface area contributed by atoms with Crippen molar-refractivity contribution in [1.29, 1.82) is 5.26 Å². The van der Waals surface area contributed by atoms with Gasteiger partial charge in [0.15, 0.2) is 11.0 Å². The van der Waals surface area contributed by atoms with Crippen LogP contribution in [0.1, 0.15) is 40.0 Å². The fourth-order valence-electron chi connectivity index (χ4n) is 4.81. The summed E-state index contributed by atoms with van der Waals surface area (Å²) in [5.74, 6) is -1.91. The first-order valence-corrected chi connectivity index (χ1v) is 14.8. The van der Waals surface area contributed by atoms with Crippen LogP contribution in [0.4, 0.5) is 11.4 Å². The molecule has 3 atom stereocenters. The lowest BCUT2D eigenvalue weighted by atomic mass is 9.81. The number of hydrogen-bond acceptors (Lipinski definition) is 8. The highest BCUT2D eigenvalue weighted by Gasteiger charge is 2.57. The van der Waals surface area contributed by atoms with E-state index in [-0.39, 0.29) is 22.0 Å². The number of Topliss-reactive ketones (excluding diaryl/α,β-unsaturated/α-hetero) is 1. The molecule has 0 spiro atoms. The van der Waals surface area contributed by atoms with Gasteiger partial charge in [0.2, 0.25) is 25.8 Å². The van der Waals surface area contributed by atoms with Crippen molar-refractivity contribution in [3.63, 3.8) is 0 Å². The van der Waals surface area contributed by atoms with Crippen molar-refractivity contribution >= 4 is 48.6 Å². The number of likely N-dealkylation sites (tertiary alicyclic amines) is 1. The number of benzene rings is 1. The maximum absolute atomic E-state index is 13.6. The van der Waals surface area contributed by atoms with Crippen LogP contribution in [0.15, 0.2) is 28.1 Å². The van der Waals surface area contributed by atoms with Gasteiger partial charge in [-0.05, 0) is 36.0 Å². The van der Waals surface area contributed by atoms with Gasteiger partial charge in [0, 0.05) is 12.2 Å². The van der Waals surface area contributed by atoms with Crippen molar-refractivity contribution in [2.75, 3.05) is 17.5 Å². The zero-order valence-corrected chi connectivity index (χ0v) is 21.6. The number of anilines is 1. The van der Waals surface area contributed by atoms with E-state index in [4.69, 9.17) is 0 Å². The Balaban J connectivity index is 1.80. The van der Waals surface area contributed by atoms with Gasteiger partial charge in [-0.2, -0.15) is 5.26 Å². The summed E-state index contributed by atoms with van der Waals surface area (Å²) in [5, 5.41) is 7.99. The number of nitrogens with one attached hydrogen (secondary N) is 1. The first kappa shape index (κ1) is 25.3. The van der Waals surface area contributed by atoms with E-state index in [1.165, 1.54) is 17.0 Å². The van der Waals surface area contributed by atoms with Gasteiger partial charge in [-0.1, -0.05) is 33.6 Å². The second kappa shape index (κ2) is 8.41. The molecular weight excluding hydrogens is 492 g/mol. The lowest BCUT2D eigenvalue weighted by molar-refractivity contribution is -0.131. The van der Waals surface area contributed by atoms with Gasteiger partial charge < -0.3 is 4.90 Å². The normalized spacial score (nSPS) is 26.2. The number of carbonyl (C=O) groups is 2. The monoisotopic (exact) mass is 520 g/mol. The van der Waals surface area contributed by atoms with Gasteiger partial charge in [0.1, 0.15) is 5.92 Å². The Labute approximate surface area is 205 Å². The molecule has 4 rings (SSSR count). The summed E-state index contributed by atoms with van der Waals surface area (Å²) in [4.78, 5) is 32.7. The number of carbonyl (C=O) groups excluding carboxylic acids is 2. The molecule has 1 aromatic rings. The summed E-state index contributed by atoms with van der Waals surface area (Å²) in [6.45, 7) is 5.94. The van der Waals surface area contributed by atoms with Crippen LogP contribution in [0.3, 0.4) is 0 Å². The van der Waals surface area contributed by atoms with Crippen molar-refractivity contribution in [2.24, 2.45) is 22.2 Å². The number of aliphatic imine (C=N–C) groups is 1. The van der Waals surface area contributed by atoms with E-state index in [1.807, 2.05) is 20.8 Å². The molecule has 0 bridgehead atoms. The van der Waals surface area contributed by atoms with Gasteiger partial charge in [-0.3, -0.25) is 19.3 Å². The van der Waals surface area contributed by atoms with Crippen LogP contribution in [0, 0.1) is 28.6 Å². The molecule has 3 aliphatic rings. The fraction of sp³-hybridized carbons (Fsp3) is 0.565. The van der Waals surface area contributed by atoms with E-state index in [2.05, 4.69) is 9.71 Å². The van der Waals surface area contributed by atoms with Crippen LogP contribution >= 0.6 is 0 Å². The molecule has 188 valence electrons. The highest BCUT2D eigenvalue weighted by atomic mass is 32.2. The number of rotatable bonds is 6. The lowest BCUT2D eigenvalue weighted by Gasteiger charge is -2.33. The number of sulfone groups is 1. The number of fused-ring (bicyclic) bond motifs is 1. The molecule has 3 unspecified atom stereocenters. The molecule has 1 aromatic carbocycles. The first-order valence-electron chi connectivity index (χ1n) is 11.3. The van der Waals surface area contributed by atoms with E-state index in [9.17, 15) is 31.7 Å². The van der Waals surface area contributed by atoms with Crippen molar-refractivity contribution in [3.8, 4) is 6.07 Å². The van der Waals surface area contributed by atoms with Gasteiger partial charge in [0.25, 0.3) is 0 Å². The Morgan fingerprint density at radius 3 is 2.43 bits per heavy atom. The Hall–Kier alpha value is -2.78. The van der Waals surface area contributed by atoms with Gasteiger partial charge in [0.05, 0.1) is 34.7 Å². The minimum atomic E-state index is -4.38. The predicted octanol–water partition coefficient (Wildman–Crippen LogP) is 2.05. The highest BCUT2D eigenvalue weighted by molar-refractivity contribution is 7.93. The molecule has 0 radical (unpaired) electrons. The second-order valence-corrected chi connectivity index (χ2v) is 14.3. The van der Waals surface area contributed by atoms with Crippen molar-refractivity contribution in [3.05, 3.63) is 18.2 Å². The number of amides is 1. The summed E-state index contributed by atoms with van der Waals surface area (Å²) in [5.41, 5.74) is -0.931. The van der Waals surface area contributed by atoms with Crippen LogP contribution in [0.25, 0.3) is 0 Å². The van der Waals surface area contributed by atoms with E-state index in [0.29, 0.717) is 12.5 Å². The Bertz CT molecular complexity index is 1380. The Morgan fingerprint density at radius 1 is 1.23 bits per heavy atom. The standard InChI is InChI=1S/C23H28N4O6S2/c1-23(2,3)21-20(28)18(22(29)27(21)10-9-13-5-6-13)19-17(12-24)35(32,33)16-11-14(26-34(4,30)31)7-8-15(16)25-19/h7-8,11,13,17-18,21,26H,5-6,9-10H2,1-4H3. The molecule has 1 saturated carbocycles. The van der Waals surface area contributed by atoms with Crippen molar-refractivity contribution < 1.29 is 26.4 Å². The third-order valence-corrected chi connectivity index (χ3v) is 9.02. The van der Waals surface area contributed by atoms with Crippen LogP contribution in [-0.2, 0) is 29.4 Å². The summed E-state index contributed by atoms with van der Waals surface area (Å²) in [7, 11) is -8.05. The molecule has 1 aliphatic carbocycles. The minimum absolute atomic E-state index is 0.00256. The van der Waals surface area contributed by atoms with Gasteiger partial charge in [-0.15, -0.1) is 0 Å². The quantitative estimate of drug-likeness (QED) is 0.563. The molecule has 10 nitrogen and oxygen atoms in total. The molecule has 2 fully saturated rings. The average Bonchev–Trinajstić information content (AvgIpc) is 3.49. The van der Waals surface area contributed by atoms with Crippen LogP contribution in [0.5, 0.6) is 0 Å². The summed E-state index contributed by atoms with van der Waals surface area (Å²) < 4.78 is 52.1. The number of sulfonamides is 1. The third kappa shape index (κ3) is 4.71. The smallest absolute Gasteiger partial charge is 0.239 e. The number of hydrogen-bond donors (Lipinski definition) is 1. The molecule has 1 N–H and O–H groups in total. The Kier molecular flexibility index (Phi) is 6.08. The maximum atomic E-state index is 13.6. The summed E-state index contributed by atoms with van der Waals surface area (Å²) >= 11 is 0. The van der Waals surface area contributed by atoms with E-state index in [1.54, 1.807) is 6.07 Å². The second-order valence-electron chi connectivity index (χ2n) is 10.5. The van der Waals surface area contributed by atoms with Gasteiger partial charge in [-0.25, -0.2) is 16.8 Å². The highest BCUT2D eigenvalue weighted by Crippen LogP contribution is 2.42. The van der Waals surface area contributed by atoms with Crippen molar-refractivity contribution in [1.82, 2.24) is 4.90 Å². The maximum Gasteiger partial charge on any atom is 0.239 e. The van der Waals surface area contributed by atoms with Crippen molar-refractivity contribution in [2.45, 2.75) is 56.2 Å². The van der Waals surface area contributed by atoms with Crippen LogP contribution in [-0.4, -0.2) is 63.2 Å². The third-order valence-electron chi connectivity index (χ3n) is 6.50. The molecule has 2 aliphatic heterocycles. The molecule has 0 aromatic heterocycles. The van der Waals surface area contributed by atoms with Gasteiger partial charge >= 0.3 is 0 Å².